The fourth-order valence-electron chi connectivity index (χ4n) is 4.72. The normalized spacial score (nSPS) is 11.8. The van der Waals surface area contributed by atoms with Gasteiger partial charge in [-0.2, -0.15) is 0 Å². The summed E-state index contributed by atoms with van der Waals surface area (Å²) in [5, 5.41) is 3.41. The van der Waals surface area contributed by atoms with Gasteiger partial charge in [0.2, 0.25) is 11.8 Å². The Labute approximate surface area is 268 Å². The van der Waals surface area contributed by atoms with Gasteiger partial charge in [-0.25, -0.2) is 12.8 Å². The first kappa shape index (κ1) is 33.5. The first-order valence-electron chi connectivity index (χ1n) is 14.4. The van der Waals surface area contributed by atoms with E-state index in [2.05, 4.69) is 5.32 Å². The van der Waals surface area contributed by atoms with Gasteiger partial charge in [0.25, 0.3) is 10.0 Å². The van der Waals surface area contributed by atoms with E-state index in [1.165, 1.54) is 48.4 Å². The van der Waals surface area contributed by atoms with Gasteiger partial charge >= 0.3 is 0 Å². The molecule has 8 nitrogen and oxygen atoms in total. The molecule has 0 heterocycles. The standard InChI is InChI=1S/C34H35ClFN3O5S/c1-3-21-37-34(41)32(22-25-7-5-4-6-8-25)38(23-26-9-11-27(35)12-10-26)33(40)24-39(29-15-13-28(36)14-16-29)45(42,43)31-19-17-30(44-2)18-20-31/h4-20,32H,3,21-24H2,1-2H3,(H,37,41). The van der Waals surface area contributed by atoms with Gasteiger partial charge in [-0.1, -0.05) is 61.0 Å². The molecule has 0 spiro atoms. The summed E-state index contributed by atoms with van der Waals surface area (Å²) in [5.74, 6) is -1.10. The molecule has 1 atom stereocenters. The van der Waals surface area contributed by atoms with Gasteiger partial charge in [0.1, 0.15) is 24.2 Å². The maximum atomic E-state index is 14.4. The van der Waals surface area contributed by atoms with E-state index in [1.54, 1.807) is 24.3 Å². The molecule has 4 rings (SSSR count). The fourth-order valence-corrected chi connectivity index (χ4v) is 6.26. The first-order valence-corrected chi connectivity index (χ1v) is 16.2. The minimum Gasteiger partial charge on any atom is -0.497 e. The number of benzene rings is 4. The van der Waals surface area contributed by atoms with Gasteiger partial charge in [0.15, 0.2) is 0 Å². The number of carbonyl (C=O) groups excluding carboxylic acids is 2. The molecule has 4 aromatic rings. The predicted octanol–water partition coefficient (Wildman–Crippen LogP) is 5.85. The van der Waals surface area contributed by atoms with Crippen LogP contribution in [0.25, 0.3) is 0 Å². The van der Waals surface area contributed by atoms with Gasteiger partial charge < -0.3 is 15.0 Å². The summed E-state index contributed by atoms with van der Waals surface area (Å²) in [7, 11) is -2.87. The second kappa shape index (κ2) is 15.5. The van der Waals surface area contributed by atoms with Crippen molar-refractivity contribution in [1.29, 1.82) is 0 Å². The van der Waals surface area contributed by atoms with Crippen LogP contribution in [0, 0.1) is 5.82 Å². The van der Waals surface area contributed by atoms with E-state index in [-0.39, 0.29) is 29.5 Å². The highest BCUT2D eigenvalue weighted by molar-refractivity contribution is 7.92. The third kappa shape index (κ3) is 8.83. The Morgan fingerprint density at radius 3 is 2.13 bits per heavy atom. The SMILES string of the molecule is CCCNC(=O)C(Cc1ccccc1)N(Cc1ccc(Cl)cc1)C(=O)CN(c1ccc(F)cc1)S(=O)(=O)c1ccc(OC)cc1. The lowest BCUT2D eigenvalue weighted by molar-refractivity contribution is -0.140. The van der Waals surface area contributed by atoms with Crippen molar-refractivity contribution in [3.63, 3.8) is 0 Å². The Balaban J connectivity index is 1.78. The summed E-state index contributed by atoms with van der Waals surface area (Å²) in [6.07, 6.45) is 0.880. The molecule has 11 heteroatoms. The molecule has 0 aliphatic carbocycles. The topological polar surface area (TPSA) is 96.0 Å². The Bertz CT molecular complexity index is 1670. The van der Waals surface area contributed by atoms with Gasteiger partial charge in [-0.05, 0) is 78.2 Å². The second-order valence-corrected chi connectivity index (χ2v) is 12.6. The first-order chi connectivity index (χ1) is 21.6. The van der Waals surface area contributed by atoms with E-state index >= 15 is 0 Å². The van der Waals surface area contributed by atoms with E-state index in [1.807, 2.05) is 37.3 Å². The number of halogens is 2. The predicted molar refractivity (Wildman–Crippen MR) is 173 cm³/mol. The molecule has 0 radical (unpaired) electrons. The number of anilines is 1. The molecular formula is C34H35ClFN3O5S. The highest BCUT2D eigenvalue weighted by Crippen LogP contribution is 2.27. The lowest BCUT2D eigenvalue weighted by Gasteiger charge is -2.34. The lowest BCUT2D eigenvalue weighted by Crippen LogP contribution is -2.53. The number of rotatable bonds is 14. The fraction of sp³-hybridized carbons (Fsp3) is 0.235. The van der Waals surface area contributed by atoms with E-state index < -0.39 is 34.3 Å². The third-order valence-electron chi connectivity index (χ3n) is 7.13. The van der Waals surface area contributed by atoms with E-state index in [0.717, 1.165) is 22.0 Å². The average molecular weight is 652 g/mol. The summed E-state index contributed by atoms with van der Waals surface area (Å²) in [6, 6.07) is 25.7. The van der Waals surface area contributed by atoms with Crippen molar-refractivity contribution in [2.45, 2.75) is 37.2 Å². The third-order valence-corrected chi connectivity index (χ3v) is 9.17. The number of hydrogen-bond donors (Lipinski definition) is 1. The zero-order chi connectivity index (χ0) is 32.4. The van der Waals surface area contributed by atoms with Crippen molar-refractivity contribution in [3.05, 3.63) is 125 Å². The average Bonchev–Trinajstić information content (AvgIpc) is 3.05. The molecule has 45 heavy (non-hydrogen) atoms. The largest absolute Gasteiger partial charge is 0.497 e. The van der Waals surface area contributed by atoms with Crippen LogP contribution in [0.1, 0.15) is 24.5 Å². The monoisotopic (exact) mass is 651 g/mol. The maximum absolute atomic E-state index is 14.4. The van der Waals surface area contributed by atoms with E-state index in [4.69, 9.17) is 16.3 Å². The smallest absolute Gasteiger partial charge is 0.264 e. The summed E-state index contributed by atoms with van der Waals surface area (Å²) in [5.41, 5.74) is 1.60. The van der Waals surface area contributed by atoms with Crippen molar-refractivity contribution in [3.8, 4) is 5.75 Å². The molecule has 0 saturated heterocycles. The van der Waals surface area contributed by atoms with Gasteiger partial charge in [0, 0.05) is 24.5 Å². The molecule has 236 valence electrons. The highest BCUT2D eigenvalue weighted by Gasteiger charge is 2.34. The number of amides is 2. The van der Waals surface area contributed by atoms with Crippen LogP contribution in [0.15, 0.2) is 108 Å². The molecule has 4 aromatic carbocycles. The Kier molecular flexibility index (Phi) is 11.6. The zero-order valence-electron chi connectivity index (χ0n) is 25.0. The molecule has 0 aliphatic rings. The molecule has 1 N–H and O–H groups in total. The van der Waals surface area contributed by atoms with Crippen LogP contribution < -0.4 is 14.4 Å². The number of nitrogens with zero attached hydrogens (tertiary/aromatic N) is 2. The molecule has 0 fully saturated rings. The quantitative estimate of drug-likeness (QED) is 0.185. The number of sulfonamides is 1. The minimum atomic E-state index is -4.33. The number of carbonyl (C=O) groups is 2. The van der Waals surface area contributed by atoms with Gasteiger partial charge in [-0.15, -0.1) is 0 Å². The summed E-state index contributed by atoms with van der Waals surface area (Å²) < 4.78 is 48.1. The highest BCUT2D eigenvalue weighted by atomic mass is 35.5. The van der Waals surface area contributed by atoms with Crippen LogP contribution >= 0.6 is 11.6 Å². The number of methoxy groups -OCH3 is 1. The Morgan fingerprint density at radius 1 is 0.889 bits per heavy atom. The maximum Gasteiger partial charge on any atom is 0.264 e. The van der Waals surface area contributed by atoms with Gasteiger partial charge in [0.05, 0.1) is 17.7 Å². The minimum absolute atomic E-state index is 0.00683. The van der Waals surface area contributed by atoms with Crippen LogP contribution in [0.4, 0.5) is 10.1 Å². The molecular weight excluding hydrogens is 617 g/mol. The molecule has 1 unspecified atom stereocenters. The zero-order valence-corrected chi connectivity index (χ0v) is 26.6. The molecule has 0 aliphatic heterocycles. The van der Waals surface area contributed by atoms with Crippen molar-refractivity contribution in [2.24, 2.45) is 0 Å². The molecule has 0 saturated carbocycles. The van der Waals surface area contributed by atoms with E-state index in [0.29, 0.717) is 29.3 Å². The number of ether oxygens (including phenoxy) is 1. The molecule has 2 amide bonds. The van der Waals surface area contributed by atoms with Crippen molar-refractivity contribution < 1.29 is 27.1 Å². The molecule has 0 aromatic heterocycles. The number of hydrogen-bond acceptors (Lipinski definition) is 5. The van der Waals surface area contributed by atoms with Crippen LogP contribution in [0.5, 0.6) is 5.75 Å². The second-order valence-electron chi connectivity index (χ2n) is 10.3. The van der Waals surface area contributed by atoms with E-state index in [9.17, 15) is 22.4 Å². The number of nitrogens with one attached hydrogen (secondary N) is 1. The Hall–Kier alpha value is -4.41. The summed E-state index contributed by atoms with van der Waals surface area (Å²) >= 11 is 6.11. The lowest BCUT2D eigenvalue weighted by atomic mass is 10.0. The van der Waals surface area contributed by atoms with Crippen LogP contribution in [-0.4, -0.2) is 51.4 Å². The Morgan fingerprint density at radius 2 is 1.53 bits per heavy atom. The summed E-state index contributed by atoms with van der Waals surface area (Å²) in [4.78, 5) is 29.3. The van der Waals surface area contributed by atoms with Crippen LogP contribution in [-0.2, 0) is 32.6 Å². The van der Waals surface area contributed by atoms with Crippen molar-refractivity contribution >= 4 is 39.1 Å². The molecule has 0 bridgehead atoms. The van der Waals surface area contributed by atoms with Crippen LogP contribution in [0.2, 0.25) is 5.02 Å². The van der Waals surface area contributed by atoms with Crippen molar-refractivity contribution in [1.82, 2.24) is 10.2 Å². The van der Waals surface area contributed by atoms with Crippen molar-refractivity contribution in [2.75, 3.05) is 24.5 Å². The van der Waals surface area contributed by atoms with Gasteiger partial charge in [-0.3, -0.25) is 13.9 Å². The van der Waals surface area contributed by atoms with Crippen LogP contribution in [0.3, 0.4) is 0 Å². The summed E-state index contributed by atoms with van der Waals surface area (Å²) in [6.45, 7) is 1.68.